The molecular weight excluding hydrogens is 302 g/mol. The molecule has 1 aromatic rings. The molecule has 6 heteroatoms. The van der Waals surface area contributed by atoms with Gasteiger partial charge in [0.15, 0.2) is 0 Å². The molecule has 1 atom stereocenters. The number of piperazine rings is 1. The van der Waals surface area contributed by atoms with Gasteiger partial charge in [0.1, 0.15) is 0 Å². The summed E-state index contributed by atoms with van der Waals surface area (Å²) in [7, 11) is 1.99. The van der Waals surface area contributed by atoms with Gasteiger partial charge in [-0.1, -0.05) is 19.3 Å². The lowest BCUT2D eigenvalue weighted by Crippen LogP contribution is -2.55. The van der Waals surface area contributed by atoms with Crippen molar-refractivity contribution in [3.8, 4) is 0 Å². The van der Waals surface area contributed by atoms with Crippen molar-refractivity contribution in [3.63, 3.8) is 0 Å². The summed E-state index contributed by atoms with van der Waals surface area (Å²) < 4.78 is 0. The molecule has 0 radical (unpaired) electrons. The van der Waals surface area contributed by atoms with Crippen LogP contribution in [0.25, 0.3) is 0 Å². The minimum atomic E-state index is -0.0456. The molecule has 0 spiro atoms. The lowest BCUT2D eigenvalue weighted by Gasteiger charge is -2.40. The van der Waals surface area contributed by atoms with E-state index >= 15 is 0 Å². The Hall–Kier alpha value is -1.69. The third-order valence-electron chi connectivity index (χ3n) is 5.52. The number of hydrogen-bond donors (Lipinski definition) is 0. The number of nitrogens with zero attached hydrogens (tertiary/aromatic N) is 5. The fraction of sp³-hybridized carbons (Fsp3) is 0.722. The molecule has 0 aromatic carbocycles. The van der Waals surface area contributed by atoms with Crippen LogP contribution in [0.5, 0.6) is 0 Å². The van der Waals surface area contributed by atoms with E-state index < -0.39 is 0 Å². The minimum Gasteiger partial charge on any atom is -0.341 e. The summed E-state index contributed by atoms with van der Waals surface area (Å²) in [6.07, 6.45) is 9.71. The molecule has 1 aliphatic heterocycles. The monoisotopic (exact) mass is 331 g/mol. The van der Waals surface area contributed by atoms with Crippen molar-refractivity contribution in [2.24, 2.45) is 0 Å². The molecule has 0 bridgehead atoms. The molecule has 1 saturated heterocycles. The van der Waals surface area contributed by atoms with Crippen molar-refractivity contribution in [2.45, 2.75) is 51.1 Å². The van der Waals surface area contributed by atoms with E-state index in [9.17, 15) is 4.79 Å². The number of carbonyl (C=O) groups is 1. The number of amides is 1. The molecule has 1 aliphatic carbocycles. The highest BCUT2D eigenvalue weighted by Gasteiger charge is 2.31. The number of anilines is 1. The maximum Gasteiger partial charge on any atom is 0.239 e. The second-order valence-corrected chi connectivity index (χ2v) is 6.99. The van der Waals surface area contributed by atoms with Gasteiger partial charge in [0, 0.05) is 51.7 Å². The molecule has 24 heavy (non-hydrogen) atoms. The smallest absolute Gasteiger partial charge is 0.239 e. The van der Waals surface area contributed by atoms with Gasteiger partial charge in [-0.2, -0.15) is 0 Å². The summed E-state index contributed by atoms with van der Waals surface area (Å²) >= 11 is 0. The van der Waals surface area contributed by atoms with Crippen LogP contribution in [0.1, 0.15) is 39.0 Å². The van der Waals surface area contributed by atoms with Gasteiger partial charge in [-0.05, 0) is 25.8 Å². The van der Waals surface area contributed by atoms with Crippen molar-refractivity contribution in [2.75, 3.05) is 38.1 Å². The van der Waals surface area contributed by atoms with Crippen LogP contribution in [0, 0.1) is 0 Å². The summed E-state index contributed by atoms with van der Waals surface area (Å²) in [6.45, 7) is 5.55. The number of carbonyl (C=O) groups excluding carboxylic acids is 1. The quantitative estimate of drug-likeness (QED) is 0.842. The van der Waals surface area contributed by atoms with E-state index in [4.69, 9.17) is 0 Å². The second-order valence-electron chi connectivity index (χ2n) is 6.99. The summed E-state index contributed by atoms with van der Waals surface area (Å²) in [5.41, 5.74) is 0. The zero-order valence-corrected chi connectivity index (χ0v) is 14.9. The van der Waals surface area contributed by atoms with E-state index in [1.165, 1.54) is 19.3 Å². The van der Waals surface area contributed by atoms with Crippen molar-refractivity contribution in [1.29, 1.82) is 0 Å². The van der Waals surface area contributed by atoms with Crippen molar-refractivity contribution in [1.82, 2.24) is 19.8 Å². The van der Waals surface area contributed by atoms with Crippen LogP contribution in [-0.4, -0.2) is 71.0 Å². The standard InChI is InChI=1S/C18H29N5O/c1-15(17(24)21(2)16-7-4-3-5-8-16)22-11-13-23(14-12-22)18-19-9-6-10-20-18/h6,9-10,15-16H,3-5,7-8,11-14H2,1-2H3. The Morgan fingerprint density at radius 1 is 1.12 bits per heavy atom. The van der Waals surface area contributed by atoms with Gasteiger partial charge in [-0.15, -0.1) is 0 Å². The molecule has 3 rings (SSSR count). The molecule has 132 valence electrons. The Balaban J connectivity index is 1.52. The van der Waals surface area contributed by atoms with Crippen molar-refractivity contribution < 1.29 is 4.79 Å². The van der Waals surface area contributed by atoms with E-state index in [1.807, 2.05) is 18.0 Å². The van der Waals surface area contributed by atoms with Gasteiger partial charge < -0.3 is 9.80 Å². The topological polar surface area (TPSA) is 52.6 Å². The minimum absolute atomic E-state index is 0.0456. The Bertz CT molecular complexity index is 523. The van der Waals surface area contributed by atoms with Crippen LogP contribution < -0.4 is 4.90 Å². The lowest BCUT2D eigenvalue weighted by molar-refractivity contribution is -0.138. The normalized spacial score (nSPS) is 21.5. The first kappa shape index (κ1) is 17.1. The van der Waals surface area contributed by atoms with Gasteiger partial charge in [0.2, 0.25) is 11.9 Å². The first-order valence-corrected chi connectivity index (χ1v) is 9.19. The lowest BCUT2D eigenvalue weighted by atomic mass is 9.94. The van der Waals surface area contributed by atoms with E-state index in [2.05, 4.69) is 26.7 Å². The molecule has 1 amide bonds. The third kappa shape index (κ3) is 3.86. The van der Waals surface area contributed by atoms with Gasteiger partial charge >= 0.3 is 0 Å². The number of likely N-dealkylation sites (N-methyl/N-ethyl adjacent to an activating group) is 1. The van der Waals surface area contributed by atoms with E-state index in [-0.39, 0.29) is 11.9 Å². The van der Waals surface area contributed by atoms with Gasteiger partial charge in [-0.25, -0.2) is 9.97 Å². The predicted octanol–water partition coefficient (Wildman–Crippen LogP) is 1.78. The van der Waals surface area contributed by atoms with Crippen LogP contribution >= 0.6 is 0 Å². The molecular formula is C18H29N5O. The Morgan fingerprint density at radius 3 is 2.38 bits per heavy atom. The summed E-state index contributed by atoms with van der Waals surface area (Å²) in [6, 6.07) is 2.23. The van der Waals surface area contributed by atoms with Gasteiger partial charge in [0.05, 0.1) is 6.04 Å². The largest absolute Gasteiger partial charge is 0.341 e. The maximum absolute atomic E-state index is 12.8. The maximum atomic E-state index is 12.8. The van der Waals surface area contributed by atoms with Crippen LogP contribution in [0.3, 0.4) is 0 Å². The molecule has 0 N–H and O–H groups in total. The van der Waals surface area contributed by atoms with Crippen molar-refractivity contribution >= 4 is 11.9 Å². The first-order chi connectivity index (χ1) is 11.7. The summed E-state index contributed by atoms with van der Waals surface area (Å²) in [4.78, 5) is 28.0. The fourth-order valence-corrected chi connectivity index (χ4v) is 3.86. The highest BCUT2D eigenvalue weighted by Crippen LogP contribution is 2.23. The van der Waals surface area contributed by atoms with E-state index in [0.29, 0.717) is 6.04 Å². The van der Waals surface area contributed by atoms with Crippen LogP contribution in [0.2, 0.25) is 0 Å². The number of hydrogen-bond acceptors (Lipinski definition) is 5. The molecule has 2 aliphatic rings. The Kier molecular flexibility index (Phi) is 5.66. The molecule has 1 saturated carbocycles. The highest BCUT2D eigenvalue weighted by molar-refractivity contribution is 5.81. The number of rotatable bonds is 4. The highest BCUT2D eigenvalue weighted by atomic mass is 16.2. The second kappa shape index (κ2) is 7.92. The summed E-state index contributed by atoms with van der Waals surface area (Å²) in [5.74, 6) is 1.06. The zero-order chi connectivity index (χ0) is 16.9. The Labute approximate surface area is 144 Å². The first-order valence-electron chi connectivity index (χ1n) is 9.19. The Morgan fingerprint density at radius 2 is 1.75 bits per heavy atom. The SMILES string of the molecule is CC(C(=O)N(C)C1CCCCC1)N1CCN(c2ncccn2)CC1. The molecule has 2 heterocycles. The van der Waals surface area contributed by atoms with Gasteiger partial charge in [0.25, 0.3) is 0 Å². The third-order valence-corrected chi connectivity index (χ3v) is 5.52. The molecule has 1 unspecified atom stereocenters. The van der Waals surface area contributed by atoms with Crippen LogP contribution in [0.4, 0.5) is 5.95 Å². The van der Waals surface area contributed by atoms with Crippen LogP contribution in [0.15, 0.2) is 18.5 Å². The average Bonchev–Trinajstić information content (AvgIpc) is 2.68. The fourth-order valence-electron chi connectivity index (χ4n) is 3.86. The number of aromatic nitrogens is 2. The van der Waals surface area contributed by atoms with Crippen LogP contribution in [-0.2, 0) is 4.79 Å². The zero-order valence-electron chi connectivity index (χ0n) is 14.9. The molecule has 1 aromatic heterocycles. The van der Waals surface area contributed by atoms with E-state index in [0.717, 1.165) is 45.0 Å². The summed E-state index contributed by atoms with van der Waals surface area (Å²) in [5, 5.41) is 0. The molecule has 2 fully saturated rings. The van der Waals surface area contributed by atoms with Gasteiger partial charge in [-0.3, -0.25) is 9.69 Å². The molecule has 6 nitrogen and oxygen atoms in total. The van der Waals surface area contributed by atoms with Crippen molar-refractivity contribution in [3.05, 3.63) is 18.5 Å². The van der Waals surface area contributed by atoms with E-state index in [1.54, 1.807) is 12.4 Å². The predicted molar refractivity (Wildman–Crippen MR) is 94.9 cm³/mol. The average molecular weight is 331 g/mol.